The number of fused-ring (bicyclic) bond motifs is 2. The van der Waals surface area contributed by atoms with Gasteiger partial charge in [-0.1, -0.05) is 36.4 Å². The number of imidazole rings is 1. The van der Waals surface area contributed by atoms with Gasteiger partial charge in [0.25, 0.3) is 0 Å². The number of carbonyl (C=O) groups excluding carboxylic acids is 1. The van der Waals surface area contributed by atoms with Gasteiger partial charge in [0.1, 0.15) is 11.8 Å². The van der Waals surface area contributed by atoms with Crippen molar-refractivity contribution in [2.75, 3.05) is 33.2 Å². The van der Waals surface area contributed by atoms with Crippen LogP contribution in [0.2, 0.25) is 0 Å². The zero-order chi connectivity index (χ0) is 28.0. The number of esters is 1. The van der Waals surface area contributed by atoms with Crippen molar-refractivity contribution in [2.45, 2.75) is 25.9 Å². The molecule has 0 aliphatic rings. The number of aromatic nitrogens is 4. The number of nitrogens with two attached hydrogens (primary N) is 1. The molecule has 0 aliphatic heterocycles. The van der Waals surface area contributed by atoms with Crippen molar-refractivity contribution in [1.29, 1.82) is 0 Å². The van der Waals surface area contributed by atoms with Gasteiger partial charge >= 0.3 is 13.7 Å². The van der Waals surface area contributed by atoms with Crippen LogP contribution in [0.5, 0.6) is 11.6 Å². The molecule has 208 valence electrons. The number of aliphatic hydroxyl groups is 1. The molecule has 0 radical (unpaired) electrons. The molecule has 0 spiro atoms. The van der Waals surface area contributed by atoms with E-state index >= 15 is 0 Å². The van der Waals surface area contributed by atoms with Gasteiger partial charge in [-0.2, -0.15) is 15.1 Å². The Morgan fingerprint density at radius 1 is 1.18 bits per heavy atom. The number of methoxy groups -OCH3 is 2. The predicted molar refractivity (Wildman–Crippen MR) is 144 cm³/mol. The molecule has 39 heavy (non-hydrogen) atoms. The quantitative estimate of drug-likeness (QED) is 0.162. The van der Waals surface area contributed by atoms with Gasteiger partial charge in [-0.25, -0.2) is 9.55 Å². The van der Waals surface area contributed by atoms with Crippen molar-refractivity contribution in [2.24, 2.45) is 5.92 Å². The van der Waals surface area contributed by atoms with E-state index in [1.54, 1.807) is 23.0 Å². The van der Waals surface area contributed by atoms with Crippen molar-refractivity contribution in [3.05, 3.63) is 48.8 Å². The number of anilines is 1. The lowest BCUT2D eigenvalue weighted by Crippen LogP contribution is -2.35. The van der Waals surface area contributed by atoms with Crippen LogP contribution in [0.25, 0.3) is 21.9 Å². The molecule has 4 rings (SSSR count). The summed E-state index contributed by atoms with van der Waals surface area (Å²) in [7, 11) is -1.42. The lowest BCUT2D eigenvalue weighted by atomic mass is 10.1. The topological polar surface area (TPSA) is 173 Å². The summed E-state index contributed by atoms with van der Waals surface area (Å²) in [6.45, 7) is 1.50. The molecule has 0 saturated carbocycles. The smallest absolute Gasteiger partial charge is 0.459 e. The second-order valence-electron chi connectivity index (χ2n) is 8.77. The van der Waals surface area contributed by atoms with E-state index in [4.69, 9.17) is 24.3 Å². The number of nitrogens with one attached hydrogen (secondary N) is 1. The Bertz CT molecular complexity index is 1490. The minimum atomic E-state index is -4.11. The van der Waals surface area contributed by atoms with Crippen LogP contribution in [-0.2, 0) is 25.2 Å². The normalized spacial score (nSPS) is 14.6. The maximum absolute atomic E-state index is 13.9. The largest absolute Gasteiger partial charge is 0.479 e. The maximum atomic E-state index is 13.9. The highest BCUT2D eigenvalue weighted by molar-refractivity contribution is 7.52. The third-order valence-corrected chi connectivity index (χ3v) is 7.66. The van der Waals surface area contributed by atoms with Crippen molar-refractivity contribution >= 4 is 41.6 Å². The number of hydrogen-bond donors (Lipinski definition) is 3. The molecule has 3 atom stereocenters. The fourth-order valence-electron chi connectivity index (χ4n) is 3.95. The van der Waals surface area contributed by atoms with Gasteiger partial charge in [0, 0.05) is 24.5 Å². The van der Waals surface area contributed by atoms with E-state index in [-0.39, 0.29) is 25.0 Å². The molecule has 0 amide bonds. The van der Waals surface area contributed by atoms with E-state index < -0.39 is 25.7 Å². The van der Waals surface area contributed by atoms with Crippen LogP contribution in [0, 0.1) is 5.92 Å². The molecular weight excluding hydrogens is 527 g/mol. The van der Waals surface area contributed by atoms with Crippen molar-refractivity contribution in [1.82, 2.24) is 24.6 Å². The number of benzene rings is 2. The molecular formula is C25H31N6O7P. The number of rotatable bonds is 13. The van der Waals surface area contributed by atoms with Crippen molar-refractivity contribution < 1.29 is 33.0 Å². The summed E-state index contributed by atoms with van der Waals surface area (Å²) in [4.78, 5) is 24.6. The molecule has 2 heterocycles. The average Bonchev–Trinajstić information content (AvgIpc) is 3.34. The second kappa shape index (κ2) is 12.4. The van der Waals surface area contributed by atoms with Gasteiger partial charge < -0.3 is 29.4 Å². The Balaban J connectivity index is 1.50. The molecule has 4 N–H and O–H groups in total. The first kappa shape index (κ1) is 28.2. The average molecular weight is 559 g/mol. The van der Waals surface area contributed by atoms with Gasteiger partial charge in [-0.3, -0.25) is 9.32 Å². The molecule has 2 unspecified atom stereocenters. The molecule has 0 saturated heterocycles. The summed E-state index contributed by atoms with van der Waals surface area (Å²) in [5.74, 6) is -0.459. The highest BCUT2D eigenvalue weighted by Gasteiger charge is 2.33. The van der Waals surface area contributed by atoms with Crippen molar-refractivity contribution in [3.8, 4) is 11.6 Å². The Kier molecular flexibility index (Phi) is 8.97. The number of aryl methyl sites for hydroxylation is 1. The van der Waals surface area contributed by atoms with Crippen LogP contribution >= 0.6 is 7.75 Å². The molecule has 13 nitrogen and oxygen atoms in total. The zero-order valence-corrected chi connectivity index (χ0v) is 22.7. The zero-order valence-electron chi connectivity index (χ0n) is 21.8. The van der Waals surface area contributed by atoms with Crippen LogP contribution in [0.1, 0.15) is 13.3 Å². The molecule has 0 bridgehead atoms. The molecule has 2 aromatic carbocycles. The standard InChI is InChI=1S/C25H31N6O7P/c1-16(24(33)36-3)30-39(34,38-20-10-6-8-18-7-4-5-9-19(18)20)37-14-17(13-32)11-12-31-15-27-21-22(31)28-25(26)29-23(21)35-2/h4-10,15-17,32H,11-14H2,1-3H3,(H,30,34)(H2,26,28,29)/t16-,17?,39?/m0/s1. The van der Waals surface area contributed by atoms with Gasteiger partial charge in [-0.05, 0) is 24.8 Å². The Morgan fingerprint density at radius 2 is 1.95 bits per heavy atom. The van der Waals surface area contributed by atoms with Crippen LogP contribution < -0.4 is 20.1 Å². The highest BCUT2D eigenvalue weighted by Crippen LogP contribution is 2.47. The lowest BCUT2D eigenvalue weighted by molar-refractivity contribution is -0.142. The van der Waals surface area contributed by atoms with Gasteiger partial charge in [0.2, 0.25) is 11.8 Å². The molecule has 0 fully saturated rings. The number of aliphatic hydroxyl groups excluding tert-OH is 1. The maximum Gasteiger partial charge on any atom is 0.459 e. The van der Waals surface area contributed by atoms with E-state index in [1.165, 1.54) is 21.1 Å². The summed E-state index contributed by atoms with van der Waals surface area (Å²) < 4.78 is 37.3. The van der Waals surface area contributed by atoms with Gasteiger partial charge in [-0.15, -0.1) is 0 Å². The summed E-state index contributed by atoms with van der Waals surface area (Å²) in [5, 5.41) is 14.3. The molecule has 4 aromatic rings. The lowest BCUT2D eigenvalue weighted by Gasteiger charge is -2.25. The van der Waals surface area contributed by atoms with Crippen LogP contribution in [0.4, 0.5) is 5.95 Å². The first-order chi connectivity index (χ1) is 18.8. The van der Waals surface area contributed by atoms with E-state index in [0.717, 1.165) is 10.8 Å². The summed E-state index contributed by atoms with van der Waals surface area (Å²) >= 11 is 0. The second-order valence-corrected chi connectivity index (χ2v) is 10.5. The number of nitrogen functional groups attached to an aromatic ring is 1. The molecule has 0 aliphatic carbocycles. The first-order valence-corrected chi connectivity index (χ1v) is 13.7. The first-order valence-electron chi connectivity index (χ1n) is 12.2. The van der Waals surface area contributed by atoms with E-state index in [2.05, 4.69) is 20.0 Å². The van der Waals surface area contributed by atoms with Crippen molar-refractivity contribution in [3.63, 3.8) is 0 Å². The van der Waals surface area contributed by atoms with E-state index in [1.807, 2.05) is 30.3 Å². The Labute approximate surface area is 224 Å². The Morgan fingerprint density at radius 3 is 2.69 bits per heavy atom. The number of ether oxygens (including phenoxy) is 2. The Hall–Kier alpha value is -3.77. The summed E-state index contributed by atoms with van der Waals surface area (Å²) in [6.07, 6.45) is 1.99. The fraction of sp³-hybridized carbons (Fsp3) is 0.360. The minimum Gasteiger partial charge on any atom is -0.479 e. The van der Waals surface area contributed by atoms with Crippen LogP contribution in [0.15, 0.2) is 48.8 Å². The molecule has 2 aromatic heterocycles. The highest BCUT2D eigenvalue weighted by atomic mass is 31.2. The minimum absolute atomic E-state index is 0.0421. The van der Waals surface area contributed by atoms with Crippen LogP contribution in [0.3, 0.4) is 0 Å². The van der Waals surface area contributed by atoms with Gasteiger partial charge in [0.05, 0.1) is 27.2 Å². The van der Waals surface area contributed by atoms with E-state index in [0.29, 0.717) is 29.9 Å². The SMILES string of the molecule is COC(=O)[C@H](C)NP(=O)(OCC(CO)CCn1cnc2c(OC)nc(N)nc21)Oc1cccc2ccccc12. The summed E-state index contributed by atoms with van der Waals surface area (Å²) in [6, 6.07) is 11.8. The van der Waals surface area contributed by atoms with Crippen LogP contribution in [-0.4, -0.2) is 64.1 Å². The number of hydrogen-bond acceptors (Lipinski definition) is 11. The third kappa shape index (κ3) is 6.63. The predicted octanol–water partition coefficient (Wildman–Crippen LogP) is 2.92. The number of carbonyl (C=O) groups is 1. The molecule has 14 heteroatoms. The monoisotopic (exact) mass is 558 g/mol. The number of nitrogens with zero attached hydrogens (tertiary/aromatic N) is 4. The summed E-state index contributed by atoms with van der Waals surface area (Å²) in [5.41, 5.74) is 6.72. The fourth-order valence-corrected chi connectivity index (χ4v) is 5.54. The van der Waals surface area contributed by atoms with E-state index in [9.17, 15) is 14.5 Å². The third-order valence-electron chi connectivity index (χ3n) is 6.03. The van der Waals surface area contributed by atoms with Gasteiger partial charge in [0.15, 0.2) is 11.2 Å².